The second kappa shape index (κ2) is 6.44. The van der Waals surface area contributed by atoms with Gasteiger partial charge in [-0.1, -0.05) is 20.3 Å². The lowest BCUT2D eigenvalue weighted by molar-refractivity contribution is 0.138. The van der Waals surface area contributed by atoms with Gasteiger partial charge >= 0.3 is 0 Å². The van der Waals surface area contributed by atoms with Crippen molar-refractivity contribution in [2.24, 2.45) is 0 Å². The van der Waals surface area contributed by atoms with Crippen molar-refractivity contribution in [3.8, 4) is 0 Å². The summed E-state index contributed by atoms with van der Waals surface area (Å²) in [5, 5.41) is 4.62. The third-order valence-electron chi connectivity index (χ3n) is 4.21. The van der Waals surface area contributed by atoms with Crippen LogP contribution >= 0.6 is 11.8 Å². The van der Waals surface area contributed by atoms with Crippen LogP contribution in [0.1, 0.15) is 46.0 Å². The topological polar surface area (TPSA) is 15.3 Å². The molecule has 17 heavy (non-hydrogen) atoms. The van der Waals surface area contributed by atoms with Crippen molar-refractivity contribution in [2.45, 2.75) is 69.3 Å². The van der Waals surface area contributed by atoms with E-state index in [-0.39, 0.29) is 0 Å². The molecule has 1 N–H and O–H groups in total. The zero-order chi connectivity index (χ0) is 12.3. The summed E-state index contributed by atoms with van der Waals surface area (Å²) in [5.74, 6) is 0. The zero-order valence-corrected chi connectivity index (χ0v) is 12.4. The molecule has 0 radical (unpaired) electrons. The molecule has 1 aliphatic carbocycles. The van der Waals surface area contributed by atoms with E-state index in [1.54, 1.807) is 0 Å². The van der Waals surface area contributed by atoms with Crippen LogP contribution in [0.2, 0.25) is 0 Å². The summed E-state index contributed by atoms with van der Waals surface area (Å²) in [7, 11) is 0. The largest absolute Gasteiger partial charge is 0.311 e. The highest BCUT2D eigenvalue weighted by atomic mass is 32.2. The first kappa shape index (κ1) is 13.7. The highest BCUT2D eigenvalue weighted by Gasteiger charge is 2.34. The standard InChI is InChI=1S/C14H28N2S/c1-11(2)15-12-6-5-9-16(10-12)13-7-4-8-14(13)17-3/h11-15H,4-10H2,1-3H3. The van der Waals surface area contributed by atoms with E-state index >= 15 is 0 Å². The highest BCUT2D eigenvalue weighted by molar-refractivity contribution is 7.99. The van der Waals surface area contributed by atoms with Gasteiger partial charge in [0.15, 0.2) is 0 Å². The molecular formula is C14H28N2S. The van der Waals surface area contributed by atoms with Gasteiger partial charge < -0.3 is 5.32 Å². The monoisotopic (exact) mass is 256 g/mol. The number of nitrogens with zero attached hydrogens (tertiary/aromatic N) is 1. The Morgan fingerprint density at radius 2 is 2.00 bits per heavy atom. The second-order valence-electron chi connectivity index (χ2n) is 5.93. The van der Waals surface area contributed by atoms with Crippen LogP contribution in [0.3, 0.4) is 0 Å². The lowest BCUT2D eigenvalue weighted by Crippen LogP contribution is -2.52. The summed E-state index contributed by atoms with van der Waals surface area (Å²) in [5.41, 5.74) is 0. The van der Waals surface area contributed by atoms with Gasteiger partial charge in [-0.15, -0.1) is 0 Å². The van der Waals surface area contributed by atoms with Gasteiger partial charge in [0.25, 0.3) is 0 Å². The van der Waals surface area contributed by atoms with Crippen LogP contribution < -0.4 is 5.32 Å². The summed E-state index contributed by atoms with van der Waals surface area (Å²) < 4.78 is 0. The van der Waals surface area contributed by atoms with Crippen LogP contribution in [0.25, 0.3) is 0 Å². The van der Waals surface area contributed by atoms with Gasteiger partial charge in [0.2, 0.25) is 0 Å². The zero-order valence-electron chi connectivity index (χ0n) is 11.6. The van der Waals surface area contributed by atoms with E-state index in [1.807, 2.05) is 0 Å². The second-order valence-corrected chi connectivity index (χ2v) is 7.00. The molecule has 2 rings (SSSR count). The maximum atomic E-state index is 3.72. The molecule has 0 aromatic carbocycles. The fraction of sp³-hybridized carbons (Fsp3) is 1.00. The van der Waals surface area contributed by atoms with Crippen molar-refractivity contribution in [2.75, 3.05) is 19.3 Å². The molecule has 100 valence electrons. The number of likely N-dealkylation sites (tertiary alicyclic amines) is 1. The number of hydrogen-bond donors (Lipinski definition) is 1. The first-order chi connectivity index (χ1) is 8.20. The van der Waals surface area contributed by atoms with Crippen molar-refractivity contribution < 1.29 is 0 Å². The molecule has 0 aromatic heterocycles. The molecule has 1 saturated carbocycles. The highest BCUT2D eigenvalue weighted by Crippen LogP contribution is 2.33. The van der Waals surface area contributed by atoms with Crippen LogP contribution in [0.4, 0.5) is 0 Å². The minimum atomic E-state index is 0.625. The van der Waals surface area contributed by atoms with Crippen LogP contribution in [0.5, 0.6) is 0 Å². The van der Waals surface area contributed by atoms with Gasteiger partial charge in [0, 0.05) is 29.9 Å². The quantitative estimate of drug-likeness (QED) is 0.832. The predicted octanol–water partition coefficient (Wildman–Crippen LogP) is 2.73. The Bertz CT molecular complexity index is 232. The number of thioether (sulfide) groups is 1. The van der Waals surface area contributed by atoms with Gasteiger partial charge in [0.05, 0.1) is 0 Å². The lowest BCUT2D eigenvalue weighted by Gasteiger charge is -2.39. The number of rotatable bonds is 4. The molecule has 3 atom stereocenters. The van der Waals surface area contributed by atoms with Crippen LogP contribution in [0, 0.1) is 0 Å². The molecule has 3 unspecified atom stereocenters. The van der Waals surface area contributed by atoms with Crippen molar-refractivity contribution >= 4 is 11.8 Å². The number of hydrogen-bond acceptors (Lipinski definition) is 3. The Morgan fingerprint density at radius 3 is 2.71 bits per heavy atom. The molecule has 0 amide bonds. The van der Waals surface area contributed by atoms with E-state index in [0.717, 1.165) is 17.3 Å². The Labute approximate surface area is 111 Å². The fourth-order valence-electron chi connectivity index (χ4n) is 3.51. The van der Waals surface area contributed by atoms with Crippen LogP contribution in [-0.2, 0) is 0 Å². The maximum Gasteiger partial charge on any atom is 0.0215 e. The minimum Gasteiger partial charge on any atom is -0.311 e. The average molecular weight is 256 g/mol. The van der Waals surface area contributed by atoms with Gasteiger partial charge in [-0.05, 0) is 38.5 Å². The molecule has 0 bridgehead atoms. The molecular weight excluding hydrogens is 228 g/mol. The molecule has 1 heterocycles. The SMILES string of the molecule is CSC1CCCC1N1CCCC(NC(C)C)C1. The predicted molar refractivity (Wildman–Crippen MR) is 77.8 cm³/mol. The van der Waals surface area contributed by atoms with Gasteiger partial charge in [-0.2, -0.15) is 11.8 Å². The third-order valence-corrected chi connectivity index (χ3v) is 5.37. The molecule has 2 nitrogen and oxygen atoms in total. The maximum absolute atomic E-state index is 3.72. The van der Waals surface area contributed by atoms with E-state index < -0.39 is 0 Å². The summed E-state index contributed by atoms with van der Waals surface area (Å²) in [6.45, 7) is 7.14. The summed E-state index contributed by atoms with van der Waals surface area (Å²) in [6.07, 6.45) is 9.34. The molecule has 1 aliphatic heterocycles. The van der Waals surface area contributed by atoms with E-state index in [4.69, 9.17) is 0 Å². The molecule has 1 saturated heterocycles. The van der Waals surface area contributed by atoms with E-state index in [9.17, 15) is 0 Å². The van der Waals surface area contributed by atoms with Gasteiger partial charge in [-0.3, -0.25) is 4.90 Å². The Kier molecular flexibility index (Phi) is 5.19. The van der Waals surface area contributed by atoms with Crippen molar-refractivity contribution in [3.05, 3.63) is 0 Å². The summed E-state index contributed by atoms with van der Waals surface area (Å²) >= 11 is 2.09. The van der Waals surface area contributed by atoms with Gasteiger partial charge in [0.1, 0.15) is 0 Å². The molecule has 2 fully saturated rings. The van der Waals surface area contributed by atoms with Crippen molar-refractivity contribution in [1.29, 1.82) is 0 Å². The molecule has 3 heteroatoms. The molecule has 0 spiro atoms. The molecule has 0 aromatic rings. The summed E-state index contributed by atoms with van der Waals surface area (Å²) in [4.78, 5) is 2.78. The summed E-state index contributed by atoms with van der Waals surface area (Å²) in [6, 6.07) is 2.22. The van der Waals surface area contributed by atoms with Gasteiger partial charge in [-0.25, -0.2) is 0 Å². The van der Waals surface area contributed by atoms with Crippen molar-refractivity contribution in [3.63, 3.8) is 0 Å². The Morgan fingerprint density at radius 1 is 1.18 bits per heavy atom. The van der Waals surface area contributed by atoms with E-state index in [0.29, 0.717) is 6.04 Å². The first-order valence-electron chi connectivity index (χ1n) is 7.23. The Hall–Kier alpha value is 0.270. The first-order valence-corrected chi connectivity index (χ1v) is 8.52. The third kappa shape index (κ3) is 3.62. The van der Waals surface area contributed by atoms with E-state index in [2.05, 4.69) is 42.1 Å². The van der Waals surface area contributed by atoms with Crippen LogP contribution in [-0.4, -0.2) is 47.6 Å². The smallest absolute Gasteiger partial charge is 0.0215 e. The average Bonchev–Trinajstić information content (AvgIpc) is 2.76. The molecule has 2 aliphatic rings. The Balaban J connectivity index is 1.88. The normalized spacial score (nSPS) is 35.6. The van der Waals surface area contributed by atoms with Crippen LogP contribution in [0.15, 0.2) is 0 Å². The minimum absolute atomic E-state index is 0.625. The number of piperidine rings is 1. The lowest BCUT2D eigenvalue weighted by atomic mass is 10.0. The number of nitrogens with one attached hydrogen (secondary N) is 1. The fourth-order valence-corrected chi connectivity index (χ4v) is 4.54. The van der Waals surface area contributed by atoms with E-state index in [1.165, 1.54) is 45.2 Å². The van der Waals surface area contributed by atoms with Crippen molar-refractivity contribution in [1.82, 2.24) is 10.2 Å².